The maximum Gasteiger partial charge on any atom is 0.255 e. The van der Waals surface area contributed by atoms with Crippen LogP contribution in [0.15, 0.2) is 11.0 Å². The summed E-state index contributed by atoms with van der Waals surface area (Å²) in [5.74, 6) is 0.708. The zero-order valence-corrected chi connectivity index (χ0v) is 10.7. The predicted octanol–water partition coefficient (Wildman–Crippen LogP) is 1.09. The van der Waals surface area contributed by atoms with Gasteiger partial charge in [0, 0.05) is 31.5 Å². The number of hydrogen-bond acceptors (Lipinski definition) is 4. The van der Waals surface area contributed by atoms with E-state index in [1.807, 2.05) is 0 Å². The molecule has 1 aromatic rings. The molecule has 2 saturated heterocycles. The van der Waals surface area contributed by atoms with Crippen LogP contribution in [-0.4, -0.2) is 36.3 Å². The van der Waals surface area contributed by atoms with E-state index in [4.69, 9.17) is 4.74 Å². The van der Waals surface area contributed by atoms with E-state index < -0.39 is 0 Å². The lowest BCUT2D eigenvalue weighted by atomic mass is 9.78. The number of aromatic amines is 1. The van der Waals surface area contributed by atoms with Crippen LogP contribution in [0, 0.1) is 12.3 Å². The first-order valence-corrected chi connectivity index (χ1v) is 6.57. The van der Waals surface area contributed by atoms with Crippen LogP contribution in [0.3, 0.4) is 0 Å². The van der Waals surface area contributed by atoms with E-state index in [0.717, 1.165) is 39.1 Å². The third-order valence-corrected chi connectivity index (χ3v) is 4.27. The van der Waals surface area contributed by atoms with Gasteiger partial charge in [-0.2, -0.15) is 0 Å². The van der Waals surface area contributed by atoms with Crippen LogP contribution in [0.5, 0.6) is 0 Å². The molecule has 0 aromatic carbocycles. The molecule has 5 nitrogen and oxygen atoms in total. The molecule has 0 bridgehead atoms. The topological polar surface area (TPSA) is 58.2 Å². The Labute approximate surface area is 106 Å². The van der Waals surface area contributed by atoms with E-state index in [9.17, 15) is 4.79 Å². The van der Waals surface area contributed by atoms with Gasteiger partial charge in [-0.1, -0.05) is 0 Å². The summed E-state index contributed by atoms with van der Waals surface area (Å²) >= 11 is 0. The Morgan fingerprint density at radius 3 is 2.78 bits per heavy atom. The highest BCUT2D eigenvalue weighted by Crippen LogP contribution is 2.39. The Balaban J connectivity index is 1.72. The molecule has 0 atom stereocenters. The number of ether oxygens (including phenoxy) is 1. The highest BCUT2D eigenvalue weighted by molar-refractivity contribution is 5.30. The molecule has 1 spiro atoms. The average molecular weight is 249 g/mol. The van der Waals surface area contributed by atoms with Gasteiger partial charge in [-0.05, 0) is 31.6 Å². The summed E-state index contributed by atoms with van der Waals surface area (Å²) in [6, 6.07) is 0. The van der Waals surface area contributed by atoms with E-state index in [-0.39, 0.29) is 5.56 Å². The molecule has 1 N–H and O–H groups in total. The van der Waals surface area contributed by atoms with Crippen molar-refractivity contribution in [3.8, 4) is 0 Å². The standard InChI is InChI=1S/C13H19N3O2/c1-10-8-14-12(15-11(10)17)16-5-2-13(3-6-16)4-7-18-9-13/h8H,2-7,9H2,1H3,(H,14,15,17). The highest BCUT2D eigenvalue weighted by Gasteiger charge is 2.38. The van der Waals surface area contributed by atoms with E-state index in [2.05, 4.69) is 14.9 Å². The summed E-state index contributed by atoms with van der Waals surface area (Å²) in [7, 11) is 0. The minimum Gasteiger partial charge on any atom is -0.381 e. The van der Waals surface area contributed by atoms with Crippen LogP contribution < -0.4 is 10.5 Å². The fourth-order valence-electron chi connectivity index (χ4n) is 2.85. The summed E-state index contributed by atoms with van der Waals surface area (Å²) in [4.78, 5) is 20.9. The average Bonchev–Trinajstić information content (AvgIpc) is 2.82. The fraction of sp³-hybridized carbons (Fsp3) is 0.692. The van der Waals surface area contributed by atoms with Gasteiger partial charge < -0.3 is 9.64 Å². The normalized spacial score (nSPS) is 22.6. The number of nitrogens with one attached hydrogen (secondary N) is 1. The van der Waals surface area contributed by atoms with Crippen LogP contribution in [0.1, 0.15) is 24.8 Å². The van der Waals surface area contributed by atoms with Crippen LogP contribution in [0.4, 0.5) is 5.95 Å². The molecule has 2 aliphatic heterocycles. The van der Waals surface area contributed by atoms with Gasteiger partial charge in [0.05, 0.1) is 6.61 Å². The molecule has 2 aliphatic rings. The van der Waals surface area contributed by atoms with Crippen LogP contribution in [-0.2, 0) is 4.74 Å². The molecule has 1 aromatic heterocycles. The molecule has 2 fully saturated rings. The first kappa shape index (κ1) is 11.7. The Morgan fingerprint density at radius 1 is 1.39 bits per heavy atom. The van der Waals surface area contributed by atoms with Gasteiger partial charge >= 0.3 is 0 Å². The van der Waals surface area contributed by atoms with Gasteiger partial charge in [0.2, 0.25) is 5.95 Å². The van der Waals surface area contributed by atoms with E-state index in [1.165, 1.54) is 6.42 Å². The summed E-state index contributed by atoms with van der Waals surface area (Å²) in [5.41, 5.74) is 1.02. The van der Waals surface area contributed by atoms with E-state index in [1.54, 1.807) is 13.1 Å². The zero-order valence-electron chi connectivity index (χ0n) is 10.7. The van der Waals surface area contributed by atoms with Crippen molar-refractivity contribution >= 4 is 5.95 Å². The van der Waals surface area contributed by atoms with Crippen molar-refractivity contribution in [2.45, 2.75) is 26.2 Å². The zero-order chi connectivity index (χ0) is 12.6. The molecule has 0 saturated carbocycles. The lowest BCUT2D eigenvalue weighted by Gasteiger charge is -2.38. The second-order valence-electron chi connectivity index (χ2n) is 5.51. The number of piperidine rings is 1. The maximum atomic E-state index is 11.6. The summed E-state index contributed by atoms with van der Waals surface area (Å²) in [6.07, 6.45) is 5.09. The Bertz CT molecular complexity index is 481. The van der Waals surface area contributed by atoms with Gasteiger partial charge in [-0.3, -0.25) is 9.78 Å². The maximum absolute atomic E-state index is 11.6. The second kappa shape index (κ2) is 4.39. The van der Waals surface area contributed by atoms with Crippen LogP contribution in [0.25, 0.3) is 0 Å². The van der Waals surface area contributed by atoms with Crippen molar-refractivity contribution in [2.75, 3.05) is 31.2 Å². The third-order valence-electron chi connectivity index (χ3n) is 4.27. The van der Waals surface area contributed by atoms with Crippen molar-refractivity contribution in [1.82, 2.24) is 9.97 Å². The minimum absolute atomic E-state index is 0.0375. The number of aromatic nitrogens is 2. The third kappa shape index (κ3) is 2.03. The first-order chi connectivity index (χ1) is 8.69. The number of aryl methyl sites for hydroxylation is 1. The minimum atomic E-state index is -0.0375. The smallest absolute Gasteiger partial charge is 0.255 e. The van der Waals surface area contributed by atoms with Gasteiger partial charge in [-0.15, -0.1) is 0 Å². The monoisotopic (exact) mass is 249 g/mol. The molecule has 0 aliphatic carbocycles. The number of rotatable bonds is 1. The van der Waals surface area contributed by atoms with Crippen molar-refractivity contribution in [3.63, 3.8) is 0 Å². The predicted molar refractivity (Wildman–Crippen MR) is 68.9 cm³/mol. The van der Waals surface area contributed by atoms with E-state index in [0.29, 0.717) is 16.9 Å². The van der Waals surface area contributed by atoms with Crippen LogP contribution in [0.2, 0.25) is 0 Å². The summed E-state index contributed by atoms with van der Waals surface area (Å²) in [6.45, 7) is 5.49. The number of hydrogen-bond donors (Lipinski definition) is 1. The molecule has 3 rings (SSSR count). The summed E-state index contributed by atoms with van der Waals surface area (Å²) in [5, 5.41) is 0. The molecular weight excluding hydrogens is 230 g/mol. The van der Waals surface area contributed by atoms with Crippen molar-refractivity contribution < 1.29 is 4.74 Å². The number of anilines is 1. The highest BCUT2D eigenvalue weighted by atomic mass is 16.5. The second-order valence-corrected chi connectivity index (χ2v) is 5.51. The Hall–Kier alpha value is -1.36. The van der Waals surface area contributed by atoms with E-state index >= 15 is 0 Å². The molecular formula is C13H19N3O2. The molecule has 0 radical (unpaired) electrons. The van der Waals surface area contributed by atoms with Gasteiger partial charge in [0.25, 0.3) is 5.56 Å². The van der Waals surface area contributed by atoms with Crippen molar-refractivity contribution in [2.24, 2.45) is 5.41 Å². The molecule has 98 valence electrons. The molecule has 0 amide bonds. The lowest BCUT2D eigenvalue weighted by Crippen LogP contribution is -2.41. The summed E-state index contributed by atoms with van der Waals surface area (Å²) < 4.78 is 5.52. The van der Waals surface area contributed by atoms with Gasteiger partial charge in [0.1, 0.15) is 0 Å². The largest absolute Gasteiger partial charge is 0.381 e. The van der Waals surface area contributed by atoms with Gasteiger partial charge in [0.15, 0.2) is 0 Å². The molecule has 18 heavy (non-hydrogen) atoms. The first-order valence-electron chi connectivity index (χ1n) is 6.57. The Morgan fingerprint density at radius 2 is 2.17 bits per heavy atom. The molecule has 0 unspecified atom stereocenters. The lowest BCUT2D eigenvalue weighted by molar-refractivity contribution is 0.133. The van der Waals surface area contributed by atoms with Crippen molar-refractivity contribution in [3.05, 3.63) is 22.1 Å². The Kier molecular flexibility index (Phi) is 2.86. The van der Waals surface area contributed by atoms with Crippen LogP contribution >= 0.6 is 0 Å². The van der Waals surface area contributed by atoms with Crippen molar-refractivity contribution in [1.29, 1.82) is 0 Å². The number of H-pyrrole nitrogens is 1. The molecule has 5 heteroatoms. The quantitative estimate of drug-likeness (QED) is 0.809. The SMILES string of the molecule is Cc1cnc(N2CCC3(CCOC3)CC2)[nH]c1=O. The van der Waals surface area contributed by atoms with Gasteiger partial charge in [-0.25, -0.2) is 4.98 Å². The fourth-order valence-corrected chi connectivity index (χ4v) is 2.85. The number of nitrogens with zero attached hydrogens (tertiary/aromatic N) is 2. The molecule has 3 heterocycles.